The molecular weight excluding hydrogens is 352 g/mol. The van der Waals surface area contributed by atoms with Gasteiger partial charge in [-0.3, -0.25) is 4.90 Å². The molecule has 0 unspecified atom stereocenters. The van der Waals surface area contributed by atoms with Crippen molar-refractivity contribution in [3.05, 3.63) is 12.7 Å². The normalized spacial score (nSPS) is 23.7. The molecule has 0 spiro atoms. The fourth-order valence-electron chi connectivity index (χ4n) is 3.32. The smallest absolute Gasteiger partial charge is 0.413 e. The van der Waals surface area contributed by atoms with Gasteiger partial charge in [0.1, 0.15) is 17.4 Å². The Kier molecular flexibility index (Phi) is 6.55. The first-order valence-corrected chi connectivity index (χ1v) is 9.69. The summed E-state index contributed by atoms with van der Waals surface area (Å²) in [5, 5.41) is 0.489. The van der Waals surface area contributed by atoms with Crippen LogP contribution in [0.1, 0.15) is 53.9 Å². The zero-order valence-electron chi connectivity index (χ0n) is 16.6. The lowest BCUT2D eigenvalue weighted by Gasteiger charge is -2.37. The monoisotopic (exact) mass is 384 g/mol. The van der Waals surface area contributed by atoms with Crippen molar-refractivity contribution >= 4 is 23.5 Å². The minimum absolute atomic E-state index is 0.293. The van der Waals surface area contributed by atoms with Gasteiger partial charge in [-0.15, -0.1) is 6.58 Å². The highest BCUT2D eigenvalue weighted by molar-refractivity contribution is 7.80. The van der Waals surface area contributed by atoms with Gasteiger partial charge < -0.3 is 19.1 Å². The topological polar surface area (TPSA) is 51.2 Å². The van der Waals surface area contributed by atoms with Crippen molar-refractivity contribution < 1.29 is 19.0 Å². The Morgan fingerprint density at radius 1 is 1.38 bits per heavy atom. The second-order valence-electron chi connectivity index (χ2n) is 8.32. The highest BCUT2D eigenvalue weighted by Gasteiger charge is 2.49. The van der Waals surface area contributed by atoms with E-state index in [1.54, 1.807) is 11.0 Å². The summed E-state index contributed by atoms with van der Waals surface area (Å²) in [6, 6.07) is -0.293. The fraction of sp³-hybridized carbons (Fsp3) is 0.789. The molecule has 0 radical (unpaired) electrons. The van der Waals surface area contributed by atoms with E-state index in [1.165, 1.54) is 0 Å². The van der Waals surface area contributed by atoms with Crippen LogP contribution in [0.3, 0.4) is 0 Å². The van der Waals surface area contributed by atoms with E-state index in [0.717, 1.165) is 25.9 Å². The first kappa shape index (κ1) is 21.0. The van der Waals surface area contributed by atoms with Crippen LogP contribution in [0, 0.1) is 0 Å². The van der Waals surface area contributed by atoms with Gasteiger partial charge in [0.15, 0.2) is 0 Å². The summed E-state index contributed by atoms with van der Waals surface area (Å²) in [4.78, 5) is 16.5. The number of amides is 1. The summed E-state index contributed by atoms with van der Waals surface area (Å²) in [6.07, 6.45) is 3.87. The van der Waals surface area contributed by atoms with Crippen LogP contribution in [-0.4, -0.2) is 64.2 Å². The van der Waals surface area contributed by atoms with Gasteiger partial charge in [0.2, 0.25) is 0 Å². The molecule has 0 N–H and O–H groups in total. The zero-order valence-corrected chi connectivity index (χ0v) is 17.4. The molecule has 1 amide bonds. The minimum Gasteiger partial charge on any atom is -0.465 e. The van der Waals surface area contributed by atoms with Crippen LogP contribution in [0.2, 0.25) is 0 Å². The van der Waals surface area contributed by atoms with Gasteiger partial charge in [-0.2, -0.15) is 0 Å². The molecular formula is C19H32N2O4S. The molecule has 0 aromatic rings. The van der Waals surface area contributed by atoms with Crippen molar-refractivity contribution in [2.45, 2.75) is 77.4 Å². The van der Waals surface area contributed by atoms with E-state index in [9.17, 15) is 4.79 Å². The maximum Gasteiger partial charge on any atom is 0.413 e. The Bertz CT molecular complexity index is 538. The largest absolute Gasteiger partial charge is 0.465 e. The number of carbonyl (C=O) groups excluding carboxylic acids is 1. The van der Waals surface area contributed by atoms with Gasteiger partial charge in [-0.25, -0.2) is 4.79 Å². The third-order valence-corrected chi connectivity index (χ3v) is 4.91. The highest BCUT2D eigenvalue weighted by Crippen LogP contribution is 2.33. The first-order valence-electron chi connectivity index (χ1n) is 9.28. The Balaban J connectivity index is 2.17. The first-order chi connectivity index (χ1) is 12.0. The third kappa shape index (κ3) is 5.10. The van der Waals surface area contributed by atoms with Crippen molar-refractivity contribution in [3.8, 4) is 0 Å². The van der Waals surface area contributed by atoms with Crippen molar-refractivity contribution in [1.29, 1.82) is 0 Å². The van der Waals surface area contributed by atoms with Gasteiger partial charge in [0.05, 0.1) is 12.6 Å². The van der Waals surface area contributed by atoms with Crippen LogP contribution in [0.15, 0.2) is 12.7 Å². The average molecular weight is 385 g/mol. The number of hydrogen-bond donors (Lipinski definition) is 0. The maximum atomic E-state index is 12.8. The molecule has 2 aliphatic heterocycles. The molecule has 7 heteroatoms. The molecule has 2 saturated heterocycles. The lowest BCUT2D eigenvalue weighted by molar-refractivity contribution is -0.0673. The quantitative estimate of drug-likeness (QED) is 0.544. The molecule has 26 heavy (non-hydrogen) atoms. The summed E-state index contributed by atoms with van der Waals surface area (Å²) in [5.41, 5.74) is -1.36. The van der Waals surface area contributed by atoms with E-state index in [2.05, 4.69) is 11.5 Å². The van der Waals surface area contributed by atoms with E-state index >= 15 is 0 Å². The highest BCUT2D eigenvalue weighted by atomic mass is 32.1. The fourth-order valence-corrected chi connectivity index (χ4v) is 3.63. The van der Waals surface area contributed by atoms with Gasteiger partial charge in [-0.05, 0) is 59.7 Å². The predicted molar refractivity (Wildman–Crippen MR) is 105 cm³/mol. The molecule has 0 aliphatic carbocycles. The lowest BCUT2D eigenvalue weighted by atomic mass is 10.1. The summed E-state index contributed by atoms with van der Waals surface area (Å²) >= 11 is 5.48. The van der Waals surface area contributed by atoms with Gasteiger partial charge in [0.25, 0.3) is 5.17 Å². The van der Waals surface area contributed by atoms with Gasteiger partial charge in [0, 0.05) is 19.5 Å². The molecule has 2 rings (SSSR count). The number of nitrogens with zero attached hydrogens (tertiary/aromatic N) is 2. The van der Waals surface area contributed by atoms with Crippen molar-refractivity contribution in [2.75, 3.05) is 19.7 Å². The number of hydrogen-bond acceptors (Lipinski definition) is 5. The molecule has 0 aromatic carbocycles. The Morgan fingerprint density at radius 3 is 2.54 bits per heavy atom. The standard InChI is InChI=1S/C19H32N2O4S/c1-7-10-15(24-17(26)20-11-8-9-12-20)14-13-23-19(5,6)21(14)16(22)25-18(2,3)4/h7,14-15H,1,8-13H2,2-6H3/t14-,15-/m1/s1. The van der Waals surface area contributed by atoms with E-state index in [4.69, 9.17) is 26.4 Å². The van der Waals surface area contributed by atoms with Crippen LogP contribution in [0.25, 0.3) is 0 Å². The molecule has 2 heterocycles. The number of rotatable bonds is 4. The molecule has 0 aromatic heterocycles. The second kappa shape index (κ2) is 8.13. The predicted octanol–water partition coefficient (Wildman–Crippen LogP) is 3.70. The molecule has 2 fully saturated rings. The van der Waals surface area contributed by atoms with Crippen LogP contribution in [-0.2, 0) is 14.2 Å². The number of likely N-dealkylation sites (tertiary alicyclic amines) is 1. The van der Waals surface area contributed by atoms with E-state index < -0.39 is 17.4 Å². The second-order valence-corrected chi connectivity index (χ2v) is 8.67. The SMILES string of the molecule is C=CC[C@@H](OC(=S)N1CCCC1)[C@H]1COC(C)(C)N1C(=O)OC(C)(C)C. The average Bonchev–Trinajstić information content (AvgIpc) is 3.12. The summed E-state index contributed by atoms with van der Waals surface area (Å²) in [5.74, 6) is 0. The molecule has 148 valence electrons. The number of thiocarbonyl (C=S) groups is 1. The van der Waals surface area contributed by atoms with Crippen LogP contribution in [0.5, 0.6) is 0 Å². The molecule has 0 bridgehead atoms. The van der Waals surface area contributed by atoms with Crippen LogP contribution < -0.4 is 0 Å². The number of ether oxygens (including phenoxy) is 3. The molecule has 6 nitrogen and oxygen atoms in total. The number of carbonyl (C=O) groups is 1. The van der Waals surface area contributed by atoms with Crippen LogP contribution >= 0.6 is 12.2 Å². The maximum absolute atomic E-state index is 12.8. The van der Waals surface area contributed by atoms with Crippen molar-refractivity contribution in [3.63, 3.8) is 0 Å². The van der Waals surface area contributed by atoms with E-state index in [0.29, 0.717) is 18.2 Å². The summed E-state index contributed by atoms with van der Waals surface area (Å²) in [7, 11) is 0. The van der Waals surface area contributed by atoms with Gasteiger partial charge in [-0.1, -0.05) is 6.08 Å². The third-order valence-electron chi connectivity index (χ3n) is 4.55. The molecule has 0 saturated carbocycles. The van der Waals surface area contributed by atoms with Crippen LogP contribution in [0.4, 0.5) is 4.79 Å². The molecule has 2 atom stereocenters. The lowest BCUT2D eigenvalue weighted by Crippen LogP contribution is -2.54. The Morgan fingerprint density at radius 2 is 2.00 bits per heavy atom. The Labute approximate surface area is 162 Å². The summed E-state index contributed by atoms with van der Waals surface area (Å²) in [6.45, 7) is 15.3. The summed E-state index contributed by atoms with van der Waals surface area (Å²) < 4.78 is 17.6. The zero-order chi connectivity index (χ0) is 19.5. The van der Waals surface area contributed by atoms with Crippen molar-refractivity contribution in [1.82, 2.24) is 9.80 Å². The molecule has 2 aliphatic rings. The van der Waals surface area contributed by atoms with E-state index in [-0.39, 0.29) is 12.1 Å². The van der Waals surface area contributed by atoms with E-state index in [1.807, 2.05) is 34.6 Å². The van der Waals surface area contributed by atoms with Crippen molar-refractivity contribution in [2.24, 2.45) is 0 Å². The Hall–Kier alpha value is -1.34. The van der Waals surface area contributed by atoms with Gasteiger partial charge >= 0.3 is 6.09 Å². The minimum atomic E-state index is -0.773.